The van der Waals surface area contributed by atoms with Crippen LogP contribution in [0.4, 0.5) is 5.82 Å². The highest BCUT2D eigenvalue weighted by Crippen LogP contribution is 2.16. The van der Waals surface area contributed by atoms with Gasteiger partial charge in [-0.3, -0.25) is 14.2 Å². The highest BCUT2D eigenvalue weighted by Gasteiger charge is 2.17. The molecule has 0 unspecified atom stereocenters. The van der Waals surface area contributed by atoms with Crippen LogP contribution in [-0.2, 0) is 6.54 Å². The van der Waals surface area contributed by atoms with Gasteiger partial charge in [0, 0.05) is 6.54 Å². The summed E-state index contributed by atoms with van der Waals surface area (Å²) in [7, 11) is 0. The number of carbonyl (C=O) groups is 1. The number of pyridine rings is 1. The van der Waals surface area contributed by atoms with E-state index in [0.29, 0.717) is 18.4 Å². The first-order valence-electron chi connectivity index (χ1n) is 5.32. The molecule has 1 aromatic rings. The minimum absolute atomic E-state index is 0.0121. The summed E-state index contributed by atoms with van der Waals surface area (Å²) in [5.74, 6) is 0.332. The average molecular weight is 233 g/mol. The molecule has 5 heteroatoms. The SMILES string of the molecule is Cc1c(C=O)c(N)n(CC(C)C)c(=O)c1C#N. The van der Waals surface area contributed by atoms with E-state index in [0.717, 1.165) is 0 Å². The Hall–Kier alpha value is -2.09. The molecule has 0 aliphatic heterocycles. The fourth-order valence-electron chi connectivity index (χ4n) is 1.70. The van der Waals surface area contributed by atoms with Crippen LogP contribution in [0.15, 0.2) is 4.79 Å². The van der Waals surface area contributed by atoms with Crippen molar-refractivity contribution in [1.29, 1.82) is 5.26 Å². The molecule has 1 heterocycles. The molecule has 5 nitrogen and oxygen atoms in total. The third kappa shape index (κ3) is 2.21. The summed E-state index contributed by atoms with van der Waals surface area (Å²) in [4.78, 5) is 23.0. The molecule has 0 amide bonds. The third-order valence-electron chi connectivity index (χ3n) is 2.58. The molecule has 1 rings (SSSR count). The number of nitrogens with zero attached hydrogens (tertiary/aromatic N) is 2. The summed E-state index contributed by atoms with van der Waals surface area (Å²) in [6.07, 6.45) is 0.585. The number of anilines is 1. The molecule has 90 valence electrons. The summed E-state index contributed by atoms with van der Waals surface area (Å²) in [5, 5.41) is 8.95. The fraction of sp³-hybridized carbons (Fsp3) is 0.417. The minimum Gasteiger partial charge on any atom is -0.384 e. The molecule has 0 bridgehead atoms. The Morgan fingerprint density at radius 1 is 1.53 bits per heavy atom. The van der Waals surface area contributed by atoms with Crippen LogP contribution in [0, 0.1) is 24.2 Å². The van der Waals surface area contributed by atoms with Gasteiger partial charge in [0.05, 0.1) is 5.56 Å². The highest BCUT2D eigenvalue weighted by molar-refractivity contribution is 5.85. The second-order valence-corrected chi connectivity index (χ2v) is 4.34. The topological polar surface area (TPSA) is 88.9 Å². The van der Waals surface area contributed by atoms with Crippen LogP contribution in [-0.4, -0.2) is 10.9 Å². The van der Waals surface area contributed by atoms with E-state index >= 15 is 0 Å². The molecule has 0 fully saturated rings. The van der Waals surface area contributed by atoms with Crippen molar-refractivity contribution < 1.29 is 4.79 Å². The third-order valence-corrected chi connectivity index (χ3v) is 2.58. The normalized spacial score (nSPS) is 10.3. The lowest BCUT2D eigenvalue weighted by Gasteiger charge is -2.15. The maximum atomic E-state index is 12.0. The Morgan fingerprint density at radius 2 is 2.12 bits per heavy atom. The van der Waals surface area contributed by atoms with Crippen LogP contribution in [0.5, 0.6) is 0 Å². The number of nitrogen functional groups attached to an aromatic ring is 1. The van der Waals surface area contributed by atoms with E-state index in [1.807, 2.05) is 19.9 Å². The Bertz CT molecular complexity index is 550. The number of rotatable bonds is 3. The number of carbonyl (C=O) groups excluding carboxylic acids is 1. The van der Waals surface area contributed by atoms with Crippen molar-refractivity contribution >= 4 is 12.1 Å². The molecular formula is C12H15N3O2. The second kappa shape index (κ2) is 4.83. The van der Waals surface area contributed by atoms with E-state index in [2.05, 4.69) is 0 Å². The lowest BCUT2D eigenvalue weighted by atomic mass is 10.1. The Kier molecular flexibility index (Phi) is 3.69. The average Bonchev–Trinajstić information content (AvgIpc) is 2.25. The van der Waals surface area contributed by atoms with Gasteiger partial charge in [-0.25, -0.2) is 0 Å². The molecule has 0 aliphatic carbocycles. The molecule has 0 radical (unpaired) electrons. The van der Waals surface area contributed by atoms with Crippen LogP contribution >= 0.6 is 0 Å². The van der Waals surface area contributed by atoms with E-state index in [1.54, 1.807) is 6.92 Å². The van der Waals surface area contributed by atoms with E-state index in [9.17, 15) is 9.59 Å². The van der Waals surface area contributed by atoms with Gasteiger partial charge < -0.3 is 5.73 Å². The summed E-state index contributed by atoms with van der Waals surface area (Å²) in [6.45, 7) is 5.80. The summed E-state index contributed by atoms with van der Waals surface area (Å²) in [5.41, 5.74) is 5.92. The van der Waals surface area contributed by atoms with E-state index in [-0.39, 0.29) is 22.9 Å². The molecule has 0 atom stereocenters. The van der Waals surface area contributed by atoms with E-state index in [4.69, 9.17) is 11.0 Å². The van der Waals surface area contributed by atoms with Gasteiger partial charge in [0.2, 0.25) is 0 Å². The van der Waals surface area contributed by atoms with Crippen molar-refractivity contribution in [2.75, 3.05) is 5.73 Å². The van der Waals surface area contributed by atoms with Gasteiger partial charge in [-0.05, 0) is 18.4 Å². The van der Waals surface area contributed by atoms with Crippen molar-refractivity contribution in [3.05, 3.63) is 27.0 Å². The van der Waals surface area contributed by atoms with Crippen molar-refractivity contribution in [3.63, 3.8) is 0 Å². The van der Waals surface area contributed by atoms with Crippen LogP contribution in [0.3, 0.4) is 0 Å². The van der Waals surface area contributed by atoms with Crippen LogP contribution in [0.2, 0.25) is 0 Å². The van der Waals surface area contributed by atoms with Crippen LogP contribution in [0.1, 0.15) is 35.3 Å². The molecule has 0 spiro atoms. The zero-order chi connectivity index (χ0) is 13.2. The largest absolute Gasteiger partial charge is 0.384 e. The maximum Gasteiger partial charge on any atom is 0.270 e. The molecule has 0 saturated carbocycles. The first-order chi connectivity index (χ1) is 7.93. The van der Waals surface area contributed by atoms with Gasteiger partial charge in [-0.1, -0.05) is 13.8 Å². The molecule has 2 N–H and O–H groups in total. The molecule has 17 heavy (non-hydrogen) atoms. The second-order valence-electron chi connectivity index (χ2n) is 4.34. The number of hydrogen-bond donors (Lipinski definition) is 1. The van der Waals surface area contributed by atoms with E-state index < -0.39 is 5.56 Å². The van der Waals surface area contributed by atoms with Crippen molar-refractivity contribution in [3.8, 4) is 6.07 Å². The van der Waals surface area contributed by atoms with Gasteiger partial charge in [0.25, 0.3) is 5.56 Å². The first-order valence-corrected chi connectivity index (χ1v) is 5.32. The first kappa shape index (κ1) is 13.0. The lowest BCUT2D eigenvalue weighted by molar-refractivity contribution is 0.112. The predicted molar refractivity (Wildman–Crippen MR) is 64.8 cm³/mol. The van der Waals surface area contributed by atoms with Gasteiger partial charge in [0.15, 0.2) is 6.29 Å². The molecule has 0 aliphatic rings. The number of nitrogens with two attached hydrogens (primary N) is 1. The zero-order valence-electron chi connectivity index (χ0n) is 10.2. The summed E-state index contributed by atoms with van der Waals surface area (Å²) in [6, 6.07) is 1.83. The van der Waals surface area contributed by atoms with Gasteiger partial charge >= 0.3 is 0 Å². The van der Waals surface area contributed by atoms with E-state index in [1.165, 1.54) is 4.57 Å². The van der Waals surface area contributed by atoms with Crippen LogP contribution < -0.4 is 11.3 Å². The van der Waals surface area contributed by atoms with Gasteiger partial charge in [0.1, 0.15) is 17.5 Å². The lowest BCUT2D eigenvalue weighted by Crippen LogP contribution is -2.29. The van der Waals surface area contributed by atoms with Crippen molar-refractivity contribution in [2.24, 2.45) is 5.92 Å². The number of aldehydes is 1. The zero-order valence-corrected chi connectivity index (χ0v) is 10.2. The maximum absolute atomic E-state index is 12.0. The fourth-order valence-corrected chi connectivity index (χ4v) is 1.70. The molecule has 0 aromatic carbocycles. The standard InChI is InChI=1S/C12H15N3O2/c1-7(2)5-15-11(14)10(6-16)8(3)9(4-13)12(15)17/h6-7H,5,14H2,1-3H3. The molecular weight excluding hydrogens is 218 g/mol. The molecule has 0 saturated heterocycles. The Morgan fingerprint density at radius 3 is 2.53 bits per heavy atom. The van der Waals surface area contributed by atoms with Crippen molar-refractivity contribution in [1.82, 2.24) is 4.57 Å². The predicted octanol–water partition coefficient (Wildman–Crippen LogP) is 1.08. The number of hydrogen-bond acceptors (Lipinski definition) is 4. The number of aromatic nitrogens is 1. The van der Waals surface area contributed by atoms with Gasteiger partial charge in [-0.2, -0.15) is 5.26 Å². The van der Waals surface area contributed by atoms with Crippen molar-refractivity contribution in [2.45, 2.75) is 27.3 Å². The summed E-state index contributed by atoms with van der Waals surface area (Å²) >= 11 is 0. The van der Waals surface area contributed by atoms with Crippen LogP contribution in [0.25, 0.3) is 0 Å². The Balaban J connectivity index is 3.67. The number of nitriles is 1. The highest BCUT2D eigenvalue weighted by atomic mass is 16.1. The van der Waals surface area contributed by atoms with Gasteiger partial charge in [-0.15, -0.1) is 0 Å². The minimum atomic E-state index is -0.429. The Labute approximate surface area is 99.5 Å². The smallest absolute Gasteiger partial charge is 0.270 e. The monoisotopic (exact) mass is 233 g/mol. The molecule has 1 aromatic heterocycles. The quantitative estimate of drug-likeness (QED) is 0.791. The summed E-state index contributed by atoms with van der Waals surface area (Å²) < 4.78 is 1.29.